The van der Waals surface area contributed by atoms with Crippen molar-refractivity contribution in [1.29, 1.82) is 0 Å². The fourth-order valence-electron chi connectivity index (χ4n) is 2.99. The number of nitrogens with one attached hydrogen (secondary N) is 1. The molecule has 0 amide bonds. The standard InChI is InChI=1S/C11H19NO2/c1-14-11(13)10-7-12-6-9(10)8-4-2-3-5-8/h8-10,12H,2-7H2,1H3/t9-,10+/m0/s1. The molecular weight excluding hydrogens is 178 g/mol. The summed E-state index contributed by atoms with van der Waals surface area (Å²) in [6.07, 6.45) is 5.30. The van der Waals surface area contributed by atoms with Crippen LogP contribution in [0.5, 0.6) is 0 Å². The van der Waals surface area contributed by atoms with Gasteiger partial charge >= 0.3 is 5.97 Å². The van der Waals surface area contributed by atoms with Crippen molar-refractivity contribution in [2.75, 3.05) is 20.2 Å². The highest BCUT2D eigenvalue weighted by atomic mass is 16.5. The molecule has 2 aliphatic rings. The summed E-state index contributed by atoms with van der Waals surface area (Å²) in [5.41, 5.74) is 0. The van der Waals surface area contributed by atoms with Crippen LogP contribution in [0, 0.1) is 17.8 Å². The Morgan fingerprint density at radius 3 is 2.64 bits per heavy atom. The lowest BCUT2D eigenvalue weighted by Gasteiger charge is -2.22. The van der Waals surface area contributed by atoms with Crippen LogP contribution in [0.2, 0.25) is 0 Å². The van der Waals surface area contributed by atoms with Gasteiger partial charge in [0, 0.05) is 6.54 Å². The molecule has 2 fully saturated rings. The van der Waals surface area contributed by atoms with Crippen molar-refractivity contribution in [3.05, 3.63) is 0 Å². The molecule has 1 saturated carbocycles. The van der Waals surface area contributed by atoms with Crippen LogP contribution >= 0.6 is 0 Å². The van der Waals surface area contributed by atoms with Gasteiger partial charge in [0.2, 0.25) is 0 Å². The van der Waals surface area contributed by atoms with E-state index in [1.54, 1.807) is 0 Å². The summed E-state index contributed by atoms with van der Waals surface area (Å²) in [4.78, 5) is 11.5. The second-order valence-electron chi connectivity index (χ2n) is 4.50. The van der Waals surface area contributed by atoms with Crippen molar-refractivity contribution in [1.82, 2.24) is 5.32 Å². The number of hydrogen-bond donors (Lipinski definition) is 1. The zero-order valence-electron chi connectivity index (χ0n) is 8.79. The van der Waals surface area contributed by atoms with Crippen molar-refractivity contribution >= 4 is 5.97 Å². The summed E-state index contributed by atoms with van der Waals surface area (Å²) < 4.78 is 4.85. The molecule has 3 nitrogen and oxygen atoms in total. The Labute approximate surface area is 85.2 Å². The topological polar surface area (TPSA) is 38.3 Å². The minimum absolute atomic E-state index is 0.0214. The molecule has 1 heterocycles. The average molecular weight is 197 g/mol. The first-order chi connectivity index (χ1) is 6.83. The summed E-state index contributed by atoms with van der Waals surface area (Å²) in [7, 11) is 1.49. The molecule has 1 saturated heterocycles. The van der Waals surface area contributed by atoms with E-state index in [-0.39, 0.29) is 11.9 Å². The third-order valence-corrected chi connectivity index (χ3v) is 3.77. The Balaban J connectivity index is 1.98. The van der Waals surface area contributed by atoms with Crippen LogP contribution < -0.4 is 5.32 Å². The maximum absolute atomic E-state index is 11.5. The SMILES string of the molecule is COC(=O)[C@@H]1CNC[C@H]1C1CCCC1. The lowest BCUT2D eigenvalue weighted by molar-refractivity contribution is -0.146. The van der Waals surface area contributed by atoms with Crippen molar-refractivity contribution in [2.24, 2.45) is 17.8 Å². The molecule has 14 heavy (non-hydrogen) atoms. The normalized spacial score (nSPS) is 33.5. The van der Waals surface area contributed by atoms with Gasteiger partial charge in [0.25, 0.3) is 0 Å². The fourth-order valence-corrected chi connectivity index (χ4v) is 2.99. The van der Waals surface area contributed by atoms with Gasteiger partial charge in [-0.3, -0.25) is 4.79 Å². The van der Waals surface area contributed by atoms with Gasteiger partial charge in [-0.05, 0) is 18.4 Å². The van der Waals surface area contributed by atoms with Gasteiger partial charge in [0.15, 0.2) is 0 Å². The number of esters is 1. The first-order valence-corrected chi connectivity index (χ1v) is 5.61. The van der Waals surface area contributed by atoms with Crippen LogP contribution in [0.1, 0.15) is 25.7 Å². The maximum Gasteiger partial charge on any atom is 0.310 e. The largest absolute Gasteiger partial charge is 0.469 e. The number of hydrogen-bond acceptors (Lipinski definition) is 3. The predicted octanol–water partition coefficient (Wildman–Crippen LogP) is 1.19. The second-order valence-corrected chi connectivity index (χ2v) is 4.50. The third kappa shape index (κ3) is 1.78. The Morgan fingerprint density at radius 2 is 2.00 bits per heavy atom. The third-order valence-electron chi connectivity index (χ3n) is 3.77. The Bertz CT molecular complexity index is 211. The molecule has 1 N–H and O–H groups in total. The lowest BCUT2D eigenvalue weighted by Crippen LogP contribution is -2.28. The molecule has 0 aromatic carbocycles. The van der Waals surface area contributed by atoms with Crippen molar-refractivity contribution in [2.45, 2.75) is 25.7 Å². The molecule has 1 aliphatic carbocycles. The van der Waals surface area contributed by atoms with E-state index in [4.69, 9.17) is 4.74 Å². The monoisotopic (exact) mass is 197 g/mol. The van der Waals surface area contributed by atoms with Crippen LogP contribution in [-0.4, -0.2) is 26.2 Å². The molecule has 0 unspecified atom stereocenters. The fraction of sp³-hybridized carbons (Fsp3) is 0.909. The van der Waals surface area contributed by atoms with Crippen molar-refractivity contribution < 1.29 is 9.53 Å². The van der Waals surface area contributed by atoms with E-state index >= 15 is 0 Å². The molecular formula is C11H19NO2. The molecule has 80 valence electrons. The summed E-state index contributed by atoms with van der Waals surface area (Å²) >= 11 is 0. The highest BCUT2D eigenvalue weighted by molar-refractivity contribution is 5.73. The smallest absolute Gasteiger partial charge is 0.310 e. The van der Waals surface area contributed by atoms with E-state index in [2.05, 4.69) is 5.32 Å². The first kappa shape index (κ1) is 9.97. The molecule has 2 atom stereocenters. The molecule has 0 radical (unpaired) electrons. The van der Waals surface area contributed by atoms with E-state index in [0.29, 0.717) is 5.92 Å². The summed E-state index contributed by atoms with van der Waals surface area (Å²) in [5, 5.41) is 3.31. The number of carbonyl (C=O) groups excluding carboxylic acids is 1. The van der Waals surface area contributed by atoms with Crippen LogP contribution in [-0.2, 0) is 9.53 Å². The zero-order chi connectivity index (χ0) is 9.97. The maximum atomic E-state index is 11.5. The van der Waals surface area contributed by atoms with Crippen molar-refractivity contribution in [3.63, 3.8) is 0 Å². The molecule has 1 aliphatic heterocycles. The summed E-state index contributed by atoms with van der Waals surface area (Å²) in [6.45, 7) is 1.82. The molecule has 0 spiro atoms. The van der Waals surface area contributed by atoms with Gasteiger partial charge in [-0.15, -0.1) is 0 Å². The minimum atomic E-state index is -0.0214. The van der Waals surface area contributed by atoms with Gasteiger partial charge in [-0.25, -0.2) is 0 Å². The van der Waals surface area contributed by atoms with E-state index < -0.39 is 0 Å². The Hall–Kier alpha value is -0.570. The van der Waals surface area contributed by atoms with Crippen LogP contribution in [0.15, 0.2) is 0 Å². The van der Waals surface area contributed by atoms with Crippen LogP contribution in [0.3, 0.4) is 0 Å². The quantitative estimate of drug-likeness (QED) is 0.676. The van der Waals surface area contributed by atoms with Gasteiger partial charge in [0.1, 0.15) is 0 Å². The second kappa shape index (κ2) is 4.30. The van der Waals surface area contributed by atoms with Gasteiger partial charge in [0.05, 0.1) is 13.0 Å². The van der Waals surface area contributed by atoms with E-state index in [1.165, 1.54) is 32.8 Å². The number of methoxy groups -OCH3 is 1. The molecule has 0 bridgehead atoms. The first-order valence-electron chi connectivity index (χ1n) is 5.61. The molecule has 0 aromatic heterocycles. The molecule has 0 aromatic rings. The summed E-state index contributed by atoms with van der Waals surface area (Å²) in [6, 6.07) is 0. The predicted molar refractivity (Wildman–Crippen MR) is 53.8 cm³/mol. The lowest BCUT2D eigenvalue weighted by atomic mass is 9.83. The number of carbonyl (C=O) groups is 1. The van der Waals surface area contributed by atoms with Gasteiger partial charge in [-0.2, -0.15) is 0 Å². The van der Waals surface area contributed by atoms with Gasteiger partial charge in [-0.1, -0.05) is 25.7 Å². The Kier molecular flexibility index (Phi) is 3.06. The van der Waals surface area contributed by atoms with Crippen LogP contribution in [0.25, 0.3) is 0 Å². The summed E-state index contributed by atoms with van der Waals surface area (Å²) in [5.74, 6) is 1.38. The van der Waals surface area contributed by atoms with E-state index in [1.807, 2.05) is 0 Å². The minimum Gasteiger partial charge on any atom is -0.469 e. The van der Waals surface area contributed by atoms with Crippen LogP contribution in [0.4, 0.5) is 0 Å². The Morgan fingerprint density at radius 1 is 1.29 bits per heavy atom. The van der Waals surface area contributed by atoms with E-state index in [0.717, 1.165) is 19.0 Å². The van der Waals surface area contributed by atoms with Gasteiger partial charge < -0.3 is 10.1 Å². The van der Waals surface area contributed by atoms with E-state index in [9.17, 15) is 4.79 Å². The zero-order valence-corrected chi connectivity index (χ0v) is 8.79. The highest BCUT2D eigenvalue weighted by Crippen LogP contribution is 2.37. The molecule has 3 heteroatoms. The molecule has 2 rings (SSSR count). The number of rotatable bonds is 2. The number of ether oxygens (including phenoxy) is 1. The van der Waals surface area contributed by atoms with Crippen molar-refractivity contribution in [3.8, 4) is 0 Å². The average Bonchev–Trinajstić information content (AvgIpc) is 2.85. The highest BCUT2D eigenvalue weighted by Gasteiger charge is 2.39.